The molecule has 1 aromatic rings. The molecule has 1 unspecified atom stereocenters. The highest BCUT2D eigenvalue weighted by atomic mass is 19.4. The van der Waals surface area contributed by atoms with Crippen LogP contribution in [0.4, 0.5) is 13.2 Å². The molecular weight excluding hydrogens is 269 g/mol. The Labute approximate surface area is 116 Å². The lowest BCUT2D eigenvalue weighted by Gasteiger charge is -2.28. The topological polar surface area (TPSA) is 26.3 Å². The Morgan fingerprint density at radius 3 is 2.25 bits per heavy atom. The summed E-state index contributed by atoms with van der Waals surface area (Å²) >= 11 is 0. The number of benzene rings is 1. The van der Waals surface area contributed by atoms with Gasteiger partial charge in [-0.05, 0) is 31.9 Å². The molecule has 0 amide bonds. The van der Waals surface area contributed by atoms with Gasteiger partial charge in [0.15, 0.2) is 5.41 Å². The average Bonchev–Trinajstić information content (AvgIpc) is 2.37. The van der Waals surface area contributed by atoms with Crippen molar-refractivity contribution in [1.29, 1.82) is 0 Å². The van der Waals surface area contributed by atoms with E-state index in [1.54, 1.807) is 24.3 Å². The number of ether oxygens (including phenoxy) is 1. The monoisotopic (exact) mass is 286 g/mol. The number of hydrogen-bond acceptors (Lipinski definition) is 2. The number of carbonyl (C=O) groups is 1. The van der Waals surface area contributed by atoms with Gasteiger partial charge in [0.05, 0.1) is 0 Å². The molecule has 0 fully saturated rings. The largest absolute Gasteiger partial charge is 0.431 e. The molecule has 1 aromatic carbocycles. The van der Waals surface area contributed by atoms with Gasteiger partial charge in [0.2, 0.25) is 0 Å². The Morgan fingerprint density at radius 2 is 1.80 bits per heavy atom. The van der Waals surface area contributed by atoms with Crippen LogP contribution in [-0.2, 0) is 9.53 Å². The van der Waals surface area contributed by atoms with Gasteiger partial charge in [-0.2, -0.15) is 13.2 Å². The number of halogens is 3. The van der Waals surface area contributed by atoms with Crippen molar-refractivity contribution < 1.29 is 22.7 Å². The quantitative estimate of drug-likeness (QED) is 0.598. The minimum absolute atomic E-state index is 0.130. The summed E-state index contributed by atoms with van der Waals surface area (Å²) in [6, 6.07) is 8.91. The molecule has 110 valence electrons. The molecule has 5 heteroatoms. The maximum absolute atomic E-state index is 12.9. The first-order chi connectivity index (χ1) is 9.20. The van der Waals surface area contributed by atoms with E-state index in [0.29, 0.717) is 0 Å². The molecule has 0 aliphatic carbocycles. The molecule has 1 atom stereocenters. The van der Waals surface area contributed by atoms with E-state index in [0.717, 1.165) is 12.5 Å². The lowest BCUT2D eigenvalue weighted by molar-refractivity contribution is -0.228. The van der Waals surface area contributed by atoms with Crippen LogP contribution in [0.15, 0.2) is 36.1 Å². The molecule has 0 radical (unpaired) electrons. The predicted octanol–water partition coefficient (Wildman–Crippen LogP) is 4.57. The van der Waals surface area contributed by atoms with Gasteiger partial charge in [-0.3, -0.25) is 4.79 Å². The van der Waals surface area contributed by atoms with E-state index >= 15 is 0 Å². The fourth-order valence-corrected chi connectivity index (χ4v) is 1.53. The number of esters is 1. The number of allylic oxidation sites excluding steroid dienone is 1. The number of alkyl halides is 3. The van der Waals surface area contributed by atoms with Gasteiger partial charge in [-0.15, -0.1) is 0 Å². The zero-order chi connectivity index (χ0) is 15.4. The van der Waals surface area contributed by atoms with Crippen molar-refractivity contribution in [3.63, 3.8) is 0 Å². The van der Waals surface area contributed by atoms with E-state index in [2.05, 4.69) is 0 Å². The van der Waals surface area contributed by atoms with Crippen molar-refractivity contribution in [2.24, 2.45) is 5.41 Å². The highest BCUT2D eigenvalue weighted by Gasteiger charge is 2.56. The first kappa shape index (κ1) is 16.3. The Morgan fingerprint density at radius 1 is 1.25 bits per heavy atom. The van der Waals surface area contributed by atoms with Crippen LogP contribution in [0.2, 0.25) is 0 Å². The van der Waals surface area contributed by atoms with E-state index in [9.17, 15) is 18.0 Å². The van der Waals surface area contributed by atoms with Gasteiger partial charge in [0.25, 0.3) is 0 Å². The van der Waals surface area contributed by atoms with Crippen molar-refractivity contribution in [1.82, 2.24) is 0 Å². The minimum atomic E-state index is -4.63. The van der Waals surface area contributed by atoms with E-state index in [-0.39, 0.29) is 12.2 Å². The lowest BCUT2D eigenvalue weighted by Crippen LogP contribution is -2.42. The van der Waals surface area contributed by atoms with Crippen molar-refractivity contribution >= 4 is 12.0 Å². The lowest BCUT2D eigenvalue weighted by atomic mass is 9.87. The standard InChI is InChI=1S/C15H17F3O2/c1-4-14(3,15(16,17)18)13(19)20-11(2)10-12-8-6-5-7-9-12/h5-10H,4H2,1-3H3. The SMILES string of the molecule is CCC(C)(C(=O)OC(C)=Cc1ccccc1)C(F)(F)F. The van der Waals surface area contributed by atoms with Gasteiger partial charge >= 0.3 is 12.1 Å². The Kier molecular flexibility index (Phi) is 4.98. The molecule has 0 aliphatic rings. The number of rotatable bonds is 4. The van der Waals surface area contributed by atoms with E-state index in [1.165, 1.54) is 19.9 Å². The summed E-state index contributed by atoms with van der Waals surface area (Å²) in [6.45, 7) is 3.62. The fourth-order valence-electron chi connectivity index (χ4n) is 1.53. The van der Waals surface area contributed by atoms with Crippen LogP contribution in [0.1, 0.15) is 32.8 Å². The van der Waals surface area contributed by atoms with Crippen LogP contribution in [0.5, 0.6) is 0 Å². The zero-order valence-electron chi connectivity index (χ0n) is 11.6. The summed E-state index contributed by atoms with van der Waals surface area (Å²) in [5, 5.41) is 0. The first-order valence-electron chi connectivity index (χ1n) is 6.23. The van der Waals surface area contributed by atoms with Crippen LogP contribution < -0.4 is 0 Å². The van der Waals surface area contributed by atoms with Crippen molar-refractivity contribution in [3.05, 3.63) is 41.7 Å². The van der Waals surface area contributed by atoms with Gasteiger partial charge in [0, 0.05) is 0 Å². The second kappa shape index (κ2) is 6.11. The van der Waals surface area contributed by atoms with Crippen molar-refractivity contribution in [2.75, 3.05) is 0 Å². The van der Waals surface area contributed by atoms with E-state index < -0.39 is 17.6 Å². The molecule has 0 saturated heterocycles. The average molecular weight is 286 g/mol. The highest BCUT2D eigenvalue weighted by molar-refractivity contribution is 5.79. The molecular formula is C15H17F3O2. The molecule has 0 heterocycles. The van der Waals surface area contributed by atoms with Gasteiger partial charge in [-0.25, -0.2) is 0 Å². The number of carbonyl (C=O) groups excluding carboxylic acids is 1. The third kappa shape index (κ3) is 3.62. The molecule has 0 spiro atoms. The van der Waals surface area contributed by atoms with Crippen LogP contribution >= 0.6 is 0 Å². The molecule has 0 bridgehead atoms. The second-order valence-electron chi connectivity index (χ2n) is 4.74. The molecule has 0 N–H and O–H groups in total. The molecule has 1 rings (SSSR count). The number of hydrogen-bond donors (Lipinski definition) is 0. The molecule has 2 nitrogen and oxygen atoms in total. The first-order valence-corrected chi connectivity index (χ1v) is 6.23. The highest BCUT2D eigenvalue weighted by Crippen LogP contribution is 2.42. The normalized spacial score (nSPS) is 15.6. The Hall–Kier alpha value is -1.78. The third-order valence-electron chi connectivity index (χ3n) is 3.21. The summed E-state index contributed by atoms with van der Waals surface area (Å²) < 4.78 is 43.6. The van der Waals surface area contributed by atoms with Gasteiger partial charge in [0.1, 0.15) is 5.76 Å². The summed E-state index contributed by atoms with van der Waals surface area (Å²) in [5.74, 6) is -1.15. The van der Waals surface area contributed by atoms with Gasteiger partial charge in [-0.1, -0.05) is 37.3 Å². The summed E-state index contributed by atoms with van der Waals surface area (Å²) in [5.41, 5.74) is -1.73. The van der Waals surface area contributed by atoms with E-state index in [4.69, 9.17) is 4.74 Å². The zero-order valence-corrected chi connectivity index (χ0v) is 11.6. The third-order valence-corrected chi connectivity index (χ3v) is 3.21. The van der Waals surface area contributed by atoms with E-state index in [1.807, 2.05) is 6.07 Å². The minimum Gasteiger partial charge on any atom is -0.431 e. The second-order valence-corrected chi connectivity index (χ2v) is 4.74. The smallest absolute Gasteiger partial charge is 0.404 e. The van der Waals surface area contributed by atoms with Crippen LogP contribution in [0.25, 0.3) is 6.08 Å². The molecule has 0 aliphatic heterocycles. The summed E-state index contributed by atoms with van der Waals surface area (Å²) in [7, 11) is 0. The van der Waals surface area contributed by atoms with Gasteiger partial charge < -0.3 is 4.74 Å². The van der Waals surface area contributed by atoms with Crippen LogP contribution in [0.3, 0.4) is 0 Å². The van der Waals surface area contributed by atoms with Crippen molar-refractivity contribution in [3.8, 4) is 0 Å². The predicted molar refractivity (Wildman–Crippen MR) is 70.6 cm³/mol. The van der Waals surface area contributed by atoms with Crippen molar-refractivity contribution in [2.45, 2.75) is 33.4 Å². The summed E-state index contributed by atoms with van der Waals surface area (Å²) in [6.07, 6.45) is -3.48. The maximum Gasteiger partial charge on any atom is 0.404 e. The van der Waals surface area contributed by atoms with Crippen LogP contribution in [0, 0.1) is 5.41 Å². The molecule has 0 saturated carbocycles. The summed E-state index contributed by atoms with van der Waals surface area (Å²) in [4.78, 5) is 11.8. The maximum atomic E-state index is 12.9. The van der Waals surface area contributed by atoms with Crippen LogP contribution in [-0.4, -0.2) is 12.1 Å². The fraction of sp³-hybridized carbons (Fsp3) is 0.400. The Balaban J connectivity index is 2.87. The Bertz CT molecular complexity index is 492. The molecule has 0 aromatic heterocycles. The molecule has 20 heavy (non-hydrogen) atoms.